The van der Waals surface area contributed by atoms with Gasteiger partial charge in [-0.3, -0.25) is 9.48 Å². The van der Waals surface area contributed by atoms with Crippen LogP contribution in [0.2, 0.25) is 5.15 Å². The van der Waals surface area contributed by atoms with E-state index in [0.29, 0.717) is 10.7 Å². The molecule has 2 heterocycles. The van der Waals surface area contributed by atoms with Gasteiger partial charge in [0.1, 0.15) is 5.15 Å². The first-order valence-corrected chi connectivity index (χ1v) is 6.62. The van der Waals surface area contributed by atoms with Gasteiger partial charge in [-0.25, -0.2) is 0 Å². The molecule has 0 spiro atoms. The highest BCUT2D eigenvalue weighted by Gasteiger charge is 2.27. The lowest BCUT2D eigenvalue weighted by Gasteiger charge is -2.27. The summed E-state index contributed by atoms with van der Waals surface area (Å²) in [5, 5.41) is 8.01. The predicted octanol–water partition coefficient (Wildman–Crippen LogP) is 1.66. The van der Waals surface area contributed by atoms with E-state index in [1.54, 1.807) is 11.7 Å². The number of carbonyl (C=O) groups is 1. The maximum Gasteiger partial charge on any atom is 0.259 e. The number of aromatic nitrogens is 2. The number of rotatable bonds is 2. The van der Waals surface area contributed by atoms with Crippen LogP contribution in [0.4, 0.5) is 0 Å². The average Bonchev–Trinajstić information content (AvgIpc) is 2.66. The van der Waals surface area contributed by atoms with Crippen LogP contribution in [-0.4, -0.2) is 46.8 Å². The molecule has 1 aromatic rings. The molecule has 108 valence electrons. The predicted molar refractivity (Wildman–Crippen MR) is 78.3 cm³/mol. The summed E-state index contributed by atoms with van der Waals surface area (Å²) < 4.78 is 1.58. The number of hydrogen-bond donors (Lipinski definition) is 1. The lowest BCUT2D eigenvalue weighted by atomic mass is 10.1. The van der Waals surface area contributed by atoms with Gasteiger partial charge in [0.05, 0.1) is 11.3 Å². The zero-order valence-electron chi connectivity index (χ0n) is 11.4. The first-order valence-electron chi connectivity index (χ1n) is 6.24. The Bertz CT molecular complexity index is 453. The minimum Gasteiger partial charge on any atom is -0.336 e. The van der Waals surface area contributed by atoms with Crippen molar-refractivity contribution in [2.45, 2.75) is 19.8 Å². The number of nitrogens with one attached hydrogen (secondary N) is 1. The minimum absolute atomic E-state index is 0. The van der Waals surface area contributed by atoms with Gasteiger partial charge in [-0.15, -0.1) is 12.4 Å². The van der Waals surface area contributed by atoms with Crippen LogP contribution in [-0.2, 0) is 7.05 Å². The third kappa shape index (κ3) is 3.22. The SMILES string of the molecule is CC(C)c1nn(C)c(Cl)c1C(=O)N1CCNCC1.Cl. The second-order valence-corrected chi connectivity index (χ2v) is 5.23. The van der Waals surface area contributed by atoms with E-state index < -0.39 is 0 Å². The largest absolute Gasteiger partial charge is 0.336 e. The number of aryl methyl sites for hydroxylation is 1. The number of piperazine rings is 1. The molecule has 0 atom stereocenters. The molecule has 2 rings (SSSR count). The quantitative estimate of drug-likeness (QED) is 0.904. The molecule has 0 saturated carbocycles. The normalized spacial score (nSPS) is 15.5. The third-order valence-corrected chi connectivity index (χ3v) is 3.60. The lowest BCUT2D eigenvalue weighted by molar-refractivity contribution is 0.0734. The Morgan fingerprint density at radius 3 is 2.47 bits per heavy atom. The number of hydrogen-bond acceptors (Lipinski definition) is 3. The van der Waals surface area contributed by atoms with Gasteiger partial charge in [0.15, 0.2) is 0 Å². The molecule has 0 aromatic carbocycles. The molecule has 0 unspecified atom stereocenters. The maximum atomic E-state index is 12.5. The molecule has 1 fully saturated rings. The third-order valence-electron chi connectivity index (χ3n) is 3.17. The Morgan fingerprint density at radius 2 is 1.95 bits per heavy atom. The maximum absolute atomic E-state index is 12.5. The van der Waals surface area contributed by atoms with Crippen LogP contribution >= 0.6 is 24.0 Å². The van der Waals surface area contributed by atoms with E-state index >= 15 is 0 Å². The van der Waals surface area contributed by atoms with Gasteiger partial charge in [-0.2, -0.15) is 5.10 Å². The molecule has 1 N–H and O–H groups in total. The van der Waals surface area contributed by atoms with Crippen molar-refractivity contribution in [1.82, 2.24) is 20.0 Å². The van der Waals surface area contributed by atoms with Crippen molar-refractivity contribution in [3.63, 3.8) is 0 Å². The van der Waals surface area contributed by atoms with Crippen LogP contribution in [0.25, 0.3) is 0 Å². The second kappa shape index (κ2) is 6.59. The van der Waals surface area contributed by atoms with Crippen LogP contribution in [0.5, 0.6) is 0 Å². The Morgan fingerprint density at radius 1 is 1.37 bits per heavy atom. The van der Waals surface area contributed by atoms with Gasteiger partial charge in [0.25, 0.3) is 5.91 Å². The molecular weight excluding hydrogens is 287 g/mol. The zero-order chi connectivity index (χ0) is 13.3. The zero-order valence-corrected chi connectivity index (χ0v) is 13.0. The van der Waals surface area contributed by atoms with Crippen LogP contribution in [0.3, 0.4) is 0 Å². The Labute approximate surface area is 124 Å². The summed E-state index contributed by atoms with van der Waals surface area (Å²) in [5.41, 5.74) is 1.35. The van der Waals surface area contributed by atoms with Crippen LogP contribution < -0.4 is 5.32 Å². The molecule has 19 heavy (non-hydrogen) atoms. The van der Waals surface area contributed by atoms with Crippen LogP contribution in [0.1, 0.15) is 35.8 Å². The minimum atomic E-state index is -0.00157. The molecule has 5 nitrogen and oxygen atoms in total. The Hall–Kier alpha value is -0.780. The van der Waals surface area contributed by atoms with Crippen molar-refractivity contribution in [3.05, 3.63) is 16.4 Å². The molecule has 1 aliphatic rings. The molecular formula is C12H20Cl2N4O. The summed E-state index contributed by atoms with van der Waals surface area (Å²) in [4.78, 5) is 14.4. The highest BCUT2D eigenvalue weighted by molar-refractivity contribution is 6.33. The monoisotopic (exact) mass is 306 g/mol. The summed E-state index contributed by atoms with van der Waals surface area (Å²) in [5.74, 6) is 0.184. The molecule has 0 radical (unpaired) electrons. The highest BCUT2D eigenvalue weighted by Crippen LogP contribution is 2.26. The van der Waals surface area contributed by atoms with E-state index in [2.05, 4.69) is 10.4 Å². The number of nitrogens with zero attached hydrogens (tertiary/aromatic N) is 3. The van der Waals surface area contributed by atoms with E-state index in [9.17, 15) is 4.79 Å². The fourth-order valence-electron chi connectivity index (χ4n) is 2.15. The molecule has 1 aliphatic heterocycles. The number of halogens is 2. The van der Waals surface area contributed by atoms with E-state index in [4.69, 9.17) is 11.6 Å². The molecule has 1 amide bonds. The fourth-order valence-corrected chi connectivity index (χ4v) is 2.37. The van der Waals surface area contributed by atoms with E-state index in [0.717, 1.165) is 31.9 Å². The summed E-state index contributed by atoms with van der Waals surface area (Å²) in [6.45, 7) is 7.16. The summed E-state index contributed by atoms with van der Waals surface area (Å²) in [6, 6.07) is 0. The van der Waals surface area contributed by atoms with Gasteiger partial charge in [-0.1, -0.05) is 25.4 Å². The first kappa shape index (κ1) is 16.3. The Kier molecular flexibility index (Phi) is 5.64. The topological polar surface area (TPSA) is 50.2 Å². The molecule has 0 aliphatic carbocycles. The van der Waals surface area contributed by atoms with E-state index in [1.165, 1.54) is 0 Å². The van der Waals surface area contributed by atoms with E-state index in [1.807, 2.05) is 18.7 Å². The highest BCUT2D eigenvalue weighted by atomic mass is 35.5. The van der Waals surface area contributed by atoms with Crippen molar-refractivity contribution in [3.8, 4) is 0 Å². The first-order chi connectivity index (χ1) is 8.52. The molecule has 1 aromatic heterocycles. The van der Waals surface area contributed by atoms with Crippen LogP contribution in [0.15, 0.2) is 0 Å². The smallest absolute Gasteiger partial charge is 0.259 e. The fraction of sp³-hybridized carbons (Fsp3) is 0.667. The Balaban J connectivity index is 0.00000180. The van der Waals surface area contributed by atoms with E-state index in [-0.39, 0.29) is 24.2 Å². The van der Waals surface area contributed by atoms with Crippen molar-refractivity contribution in [2.24, 2.45) is 7.05 Å². The van der Waals surface area contributed by atoms with Crippen LogP contribution in [0, 0.1) is 0 Å². The van der Waals surface area contributed by atoms with Crippen molar-refractivity contribution in [1.29, 1.82) is 0 Å². The second-order valence-electron chi connectivity index (χ2n) is 4.87. The number of amides is 1. The van der Waals surface area contributed by atoms with Crippen molar-refractivity contribution >= 4 is 29.9 Å². The van der Waals surface area contributed by atoms with Gasteiger partial charge in [0.2, 0.25) is 0 Å². The number of carbonyl (C=O) groups excluding carboxylic acids is 1. The molecule has 1 saturated heterocycles. The summed E-state index contributed by atoms with van der Waals surface area (Å²) in [6.07, 6.45) is 0. The molecule has 7 heteroatoms. The van der Waals surface area contributed by atoms with Gasteiger partial charge >= 0.3 is 0 Å². The summed E-state index contributed by atoms with van der Waals surface area (Å²) >= 11 is 6.21. The summed E-state index contributed by atoms with van der Waals surface area (Å²) in [7, 11) is 1.77. The van der Waals surface area contributed by atoms with Gasteiger partial charge < -0.3 is 10.2 Å². The molecule has 0 bridgehead atoms. The van der Waals surface area contributed by atoms with Gasteiger partial charge in [-0.05, 0) is 5.92 Å². The average molecular weight is 307 g/mol. The van der Waals surface area contributed by atoms with Crippen molar-refractivity contribution < 1.29 is 4.79 Å². The standard InChI is InChI=1S/C12H19ClN4O.ClH/c1-8(2)10-9(11(13)16(3)15-10)12(18)17-6-4-14-5-7-17;/h8,14H,4-7H2,1-3H3;1H. The van der Waals surface area contributed by atoms with Crippen molar-refractivity contribution in [2.75, 3.05) is 26.2 Å². The van der Waals surface area contributed by atoms with Gasteiger partial charge in [0, 0.05) is 33.2 Å². The lowest BCUT2D eigenvalue weighted by Crippen LogP contribution is -2.46.